The first kappa shape index (κ1) is 14.4. The zero-order chi connectivity index (χ0) is 14.9. The first-order valence-electron chi connectivity index (χ1n) is 6.06. The van der Waals surface area contributed by atoms with Crippen molar-refractivity contribution in [3.63, 3.8) is 0 Å². The molecule has 0 aliphatic rings. The normalized spacial score (nSPS) is 13.2. The largest absolute Gasteiger partial charge is 0.373 e. The van der Waals surface area contributed by atoms with Crippen LogP contribution >= 0.6 is 0 Å². The molecule has 20 heavy (non-hydrogen) atoms. The van der Waals surface area contributed by atoms with Gasteiger partial charge in [-0.05, 0) is 6.92 Å². The maximum absolute atomic E-state index is 11.7. The lowest BCUT2D eigenvalue weighted by atomic mass is 10.2. The van der Waals surface area contributed by atoms with Crippen LogP contribution in [0.1, 0.15) is 18.0 Å². The Labute approximate surface area is 118 Å². The first-order chi connectivity index (χ1) is 9.31. The van der Waals surface area contributed by atoms with Gasteiger partial charge in [0.1, 0.15) is 16.9 Å². The van der Waals surface area contributed by atoms with Crippen LogP contribution in [-0.2, 0) is 16.9 Å². The molecule has 108 valence electrons. The molecular formula is C12H17N5O2S. The van der Waals surface area contributed by atoms with Gasteiger partial charge < -0.3 is 5.32 Å². The summed E-state index contributed by atoms with van der Waals surface area (Å²) in [5.74, 6) is 0.850. The van der Waals surface area contributed by atoms with Crippen LogP contribution in [0.15, 0.2) is 18.5 Å². The molecular weight excluding hydrogens is 278 g/mol. The van der Waals surface area contributed by atoms with Gasteiger partial charge in [-0.2, -0.15) is 5.10 Å². The Morgan fingerprint density at radius 1 is 1.35 bits per heavy atom. The second kappa shape index (κ2) is 5.20. The summed E-state index contributed by atoms with van der Waals surface area (Å²) in [6.07, 6.45) is 4.67. The van der Waals surface area contributed by atoms with E-state index in [0.29, 0.717) is 11.5 Å². The molecule has 0 aliphatic heterocycles. The van der Waals surface area contributed by atoms with Crippen molar-refractivity contribution < 1.29 is 8.42 Å². The van der Waals surface area contributed by atoms with Crippen molar-refractivity contribution in [1.82, 2.24) is 19.7 Å². The van der Waals surface area contributed by atoms with E-state index >= 15 is 0 Å². The lowest BCUT2D eigenvalue weighted by molar-refractivity contribution is 0.589. The lowest BCUT2D eigenvalue weighted by Crippen LogP contribution is -2.13. The second-order valence-electron chi connectivity index (χ2n) is 4.62. The first-order valence-corrected chi connectivity index (χ1v) is 8.01. The summed E-state index contributed by atoms with van der Waals surface area (Å²) >= 11 is 0. The van der Waals surface area contributed by atoms with Crippen molar-refractivity contribution in [1.29, 1.82) is 0 Å². The van der Waals surface area contributed by atoms with E-state index in [2.05, 4.69) is 20.4 Å². The minimum Gasteiger partial charge on any atom is -0.373 e. The average Bonchev–Trinajstić information content (AvgIpc) is 2.83. The van der Waals surface area contributed by atoms with E-state index in [1.54, 1.807) is 30.9 Å². The fourth-order valence-corrected chi connectivity index (χ4v) is 2.16. The third-order valence-corrected chi connectivity index (χ3v) is 4.50. The van der Waals surface area contributed by atoms with E-state index in [-0.39, 0.29) is 5.82 Å². The lowest BCUT2D eigenvalue weighted by Gasteiger charge is -2.11. The van der Waals surface area contributed by atoms with E-state index in [1.165, 1.54) is 6.26 Å². The molecule has 1 unspecified atom stereocenters. The van der Waals surface area contributed by atoms with Gasteiger partial charge in [0, 0.05) is 38.2 Å². The number of anilines is 1. The third kappa shape index (κ3) is 2.96. The Kier molecular flexibility index (Phi) is 3.76. The predicted octanol–water partition coefficient (Wildman–Crippen LogP) is 1.02. The van der Waals surface area contributed by atoms with Crippen molar-refractivity contribution >= 4 is 15.7 Å². The number of hydrogen-bond acceptors (Lipinski definition) is 6. The smallest absolute Gasteiger partial charge is 0.157 e. The van der Waals surface area contributed by atoms with Crippen LogP contribution in [0.25, 0.3) is 11.3 Å². The van der Waals surface area contributed by atoms with Gasteiger partial charge in [0.05, 0.1) is 11.9 Å². The van der Waals surface area contributed by atoms with Gasteiger partial charge in [0.15, 0.2) is 9.84 Å². The molecule has 0 radical (unpaired) electrons. The highest BCUT2D eigenvalue weighted by atomic mass is 32.2. The Bertz CT molecular complexity index is 723. The summed E-state index contributed by atoms with van der Waals surface area (Å²) in [4.78, 5) is 8.57. The maximum atomic E-state index is 11.7. The van der Waals surface area contributed by atoms with Crippen LogP contribution in [0.3, 0.4) is 0 Å². The minimum absolute atomic E-state index is 0.276. The summed E-state index contributed by atoms with van der Waals surface area (Å²) in [7, 11) is 0.287. The quantitative estimate of drug-likeness (QED) is 0.906. The molecule has 0 fully saturated rings. The van der Waals surface area contributed by atoms with Gasteiger partial charge >= 0.3 is 0 Å². The van der Waals surface area contributed by atoms with Gasteiger partial charge in [0.25, 0.3) is 0 Å². The van der Waals surface area contributed by atoms with Crippen molar-refractivity contribution in [2.45, 2.75) is 12.2 Å². The van der Waals surface area contributed by atoms with Crippen molar-refractivity contribution in [2.24, 2.45) is 7.05 Å². The Morgan fingerprint density at radius 3 is 2.55 bits per heavy atom. The molecule has 1 N–H and O–H groups in total. The molecule has 7 nitrogen and oxygen atoms in total. The van der Waals surface area contributed by atoms with E-state index in [4.69, 9.17) is 0 Å². The van der Waals surface area contributed by atoms with Crippen LogP contribution in [0.4, 0.5) is 5.82 Å². The van der Waals surface area contributed by atoms with E-state index in [0.717, 1.165) is 5.56 Å². The summed E-state index contributed by atoms with van der Waals surface area (Å²) in [6, 6.07) is 1.76. The summed E-state index contributed by atoms with van der Waals surface area (Å²) in [6.45, 7) is 1.58. The summed E-state index contributed by atoms with van der Waals surface area (Å²) < 4.78 is 25.0. The van der Waals surface area contributed by atoms with Crippen molar-refractivity contribution in [3.05, 3.63) is 24.3 Å². The zero-order valence-electron chi connectivity index (χ0n) is 11.8. The van der Waals surface area contributed by atoms with E-state index in [9.17, 15) is 8.42 Å². The molecule has 0 saturated heterocycles. The Hall–Kier alpha value is -1.96. The fraction of sp³-hybridized carbons (Fsp3) is 0.417. The second-order valence-corrected chi connectivity index (χ2v) is 6.99. The molecule has 2 heterocycles. The summed E-state index contributed by atoms with van der Waals surface area (Å²) in [5, 5.41) is 6.25. The molecule has 0 spiro atoms. The summed E-state index contributed by atoms with van der Waals surface area (Å²) in [5.41, 5.74) is 1.45. The van der Waals surface area contributed by atoms with Gasteiger partial charge in [-0.25, -0.2) is 18.4 Å². The van der Waals surface area contributed by atoms with E-state index in [1.807, 2.05) is 13.2 Å². The molecule has 0 amide bonds. The molecule has 2 aromatic rings. The SMILES string of the molecule is CNc1cc(-c2cnn(C)c2)nc(C(C)S(C)(=O)=O)n1. The Balaban J connectivity index is 2.55. The topological polar surface area (TPSA) is 89.8 Å². The van der Waals surface area contributed by atoms with Gasteiger partial charge in [-0.3, -0.25) is 4.68 Å². The minimum atomic E-state index is -3.25. The van der Waals surface area contributed by atoms with Gasteiger partial charge in [-0.1, -0.05) is 0 Å². The number of nitrogens with one attached hydrogen (secondary N) is 1. The molecule has 0 bridgehead atoms. The van der Waals surface area contributed by atoms with Crippen molar-refractivity contribution in [2.75, 3.05) is 18.6 Å². The molecule has 1 atom stereocenters. The standard InChI is InChI=1S/C12H17N5O2S/c1-8(20(4,18)19)12-15-10(5-11(13-2)16-12)9-6-14-17(3)7-9/h5-8H,1-4H3,(H,13,15,16). The van der Waals surface area contributed by atoms with Gasteiger partial charge in [-0.15, -0.1) is 0 Å². The highest BCUT2D eigenvalue weighted by Gasteiger charge is 2.22. The van der Waals surface area contributed by atoms with Gasteiger partial charge in [0.2, 0.25) is 0 Å². The van der Waals surface area contributed by atoms with E-state index < -0.39 is 15.1 Å². The number of aromatic nitrogens is 4. The molecule has 8 heteroatoms. The highest BCUT2D eigenvalue weighted by Crippen LogP contribution is 2.24. The zero-order valence-corrected chi connectivity index (χ0v) is 12.6. The van der Waals surface area contributed by atoms with Crippen LogP contribution in [0.2, 0.25) is 0 Å². The fourth-order valence-electron chi connectivity index (χ4n) is 1.67. The number of aryl methyl sites for hydroxylation is 1. The van der Waals surface area contributed by atoms with Crippen LogP contribution in [0, 0.1) is 0 Å². The monoisotopic (exact) mass is 295 g/mol. The molecule has 2 aromatic heterocycles. The third-order valence-electron chi connectivity index (χ3n) is 3.01. The number of rotatable bonds is 4. The van der Waals surface area contributed by atoms with Crippen LogP contribution in [-0.4, -0.2) is 41.5 Å². The molecule has 0 aliphatic carbocycles. The average molecular weight is 295 g/mol. The highest BCUT2D eigenvalue weighted by molar-refractivity contribution is 7.90. The molecule has 0 aromatic carbocycles. The number of nitrogens with zero attached hydrogens (tertiary/aromatic N) is 4. The Morgan fingerprint density at radius 2 is 2.05 bits per heavy atom. The number of hydrogen-bond donors (Lipinski definition) is 1. The molecule has 2 rings (SSSR count). The van der Waals surface area contributed by atoms with Crippen LogP contribution in [0.5, 0.6) is 0 Å². The maximum Gasteiger partial charge on any atom is 0.157 e. The number of sulfone groups is 1. The van der Waals surface area contributed by atoms with Crippen LogP contribution < -0.4 is 5.32 Å². The predicted molar refractivity (Wildman–Crippen MR) is 77.0 cm³/mol. The molecule has 0 saturated carbocycles. The van der Waals surface area contributed by atoms with Crippen molar-refractivity contribution in [3.8, 4) is 11.3 Å².